The number of hydrogen-bond donors (Lipinski definition) is 0. The molecule has 0 radical (unpaired) electrons. The van der Waals surface area contributed by atoms with Gasteiger partial charge < -0.3 is 0 Å². The minimum absolute atomic E-state index is 0.00967. The lowest BCUT2D eigenvalue weighted by atomic mass is 10.1. The van der Waals surface area contributed by atoms with Crippen LogP contribution < -0.4 is 5.56 Å². The van der Waals surface area contributed by atoms with Gasteiger partial charge in [0.05, 0.1) is 12.1 Å². The molecular weight excluding hydrogens is 238 g/mol. The minimum atomic E-state index is -0.00967. The Labute approximate surface area is 109 Å². The predicted molar refractivity (Wildman–Crippen MR) is 73.1 cm³/mol. The first-order chi connectivity index (χ1) is 9.22. The van der Waals surface area contributed by atoms with Gasteiger partial charge in [0.2, 0.25) is 0 Å². The van der Waals surface area contributed by atoms with Gasteiger partial charge in [-0.2, -0.15) is 0 Å². The molecule has 1 aromatic carbocycles. The van der Waals surface area contributed by atoms with Crippen molar-refractivity contribution >= 4 is 10.9 Å². The third kappa shape index (κ3) is 1.43. The second-order valence-electron chi connectivity index (χ2n) is 4.83. The zero-order valence-electron chi connectivity index (χ0n) is 10.4. The molecule has 1 aliphatic heterocycles. The van der Waals surface area contributed by atoms with Crippen molar-refractivity contribution in [1.82, 2.24) is 14.5 Å². The zero-order chi connectivity index (χ0) is 13.0. The largest absolute Gasteiger partial charge is 0.287 e. The molecule has 0 saturated carbocycles. The Morgan fingerprint density at radius 2 is 2.00 bits per heavy atom. The van der Waals surface area contributed by atoms with E-state index >= 15 is 0 Å². The number of hydrogen-bond acceptors (Lipinski definition) is 3. The molecule has 4 rings (SSSR count). The first-order valence-electron chi connectivity index (χ1n) is 6.20. The Bertz CT molecular complexity index is 880. The van der Waals surface area contributed by atoms with Gasteiger partial charge in [-0.05, 0) is 19.1 Å². The van der Waals surface area contributed by atoms with Crippen molar-refractivity contribution in [3.63, 3.8) is 0 Å². The van der Waals surface area contributed by atoms with Crippen LogP contribution in [-0.4, -0.2) is 14.5 Å². The van der Waals surface area contributed by atoms with Crippen molar-refractivity contribution in [1.29, 1.82) is 0 Å². The monoisotopic (exact) mass is 249 g/mol. The molecule has 0 atom stereocenters. The lowest BCUT2D eigenvalue weighted by molar-refractivity contribution is 0.778. The van der Waals surface area contributed by atoms with Crippen LogP contribution in [0.3, 0.4) is 0 Å². The molecule has 0 bridgehead atoms. The van der Waals surface area contributed by atoms with Crippen LogP contribution in [0.5, 0.6) is 0 Å². The number of benzene rings is 1. The van der Waals surface area contributed by atoms with Gasteiger partial charge in [0.15, 0.2) is 5.82 Å². The maximum atomic E-state index is 12.0. The van der Waals surface area contributed by atoms with E-state index in [-0.39, 0.29) is 5.56 Å². The quantitative estimate of drug-likeness (QED) is 0.479. The predicted octanol–water partition coefficient (Wildman–Crippen LogP) is 2.13. The highest BCUT2D eigenvalue weighted by Crippen LogP contribution is 2.29. The number of rotatable bonds is 0. The van der Waals surface area contributed by atoms with E-state index < -0.39 is 0 Å². The molecule has 0 aliphatic carbocycles. The van der Waals surface area contributed by atoms with Gasteiger partial charge in [-0.3, -0.25) is 9.36 Å². The van der Waals surface area contributed by atoms with Gasteiger partial charge in [0.1, 0.15) is 5.69 Å². The first kappa shape index (κ1) is 10.4. The van der Waals surface area contributed by atoms with E-state index in [9.17, 15) is 4.79 Å². The molecule has 0 fully saturated rings. The summed E-state index contributed by atoms with van der Waals surface area (Å²) in [6, 6.07) is 11.6. The third-order valence-corrected chi connectivity index (χ3v) is 3.48. The molecule has 0 amide bonds. The van der Waals surface area contributed by atoms with Gasteiger partial charge in [-0.1, -0.05) is 18.2 Å². The van der Waals surface area contributed by atoms with Gasteiger partial charge in [0.25, 0.3) is 5.56 Å². The molecule has 3 heterocycles. The topological polar surface area (TPSA) is 47.8 Å². The summed E-state index contributed by atoms with van der Waals surface area (Å²) in [7, 11) is 0. The summed E-state index contributed by atoms with van der Waals surface area (Å²) in [5, 5.41) is 1.10. The third-order valence-electron chi connectivity index (χ3n) is 3.48. The Kier molecular flexibility index (Phi) is 1.93. The van der Waals surface area contributed by atoms with Gasteiger partial charge >= 0.3 is 0 Å². The normalized spacial score (nSPS) is 12.5. The Morgan fingerprint density at radius 3 is 2.89 bits per heavy atom. The van der Waals surface area contributed by atoms with E-state index in [0.717, 1.165) is 27.9 Å². The van der Waals surface area contributed by atoms with Crippen molar-refractivity contribution < 1.29 is 0 Å². The molecule has 0 N–H and O–H groups in total. The SMILES string of the molecule is Cc1cc(=O)n2c(n1)-c1nc3ccccc3cc1C2. The smallest absolute Gasteiger partial charge is 0.254 e. The standard InChI is InChI=1S/C15H11N3O/c1-9-6-13(19)18-8-11-7-10-4-2-3-5-12(10)17-14(11)15(18)16-9/h2-7H,8H2,1H3. The fourth-order valence-corrected chi connectivity index (χ4v) is 2.60. The summed E-state index contributed by atoms with van der Waals surface area (Å²) in [4.78, 5) is 21.1. The second kappa shape index (κ2) is 3.51. The van der Waals surface area contributed by atoms with Gasteiger partial charge in [0, 0.05) is 22.7 Å². The maximum absolute atomic E-state index is 12.0. The molecule has 92 valence electrons. The number of aromatic nitrogens is 3. The summed E-state index contributed by atoms with van der Waals surface area (Å²) >= 11 is 0. The van der Waals surface area contributed by atoms with E-state index in [2.05, 4.69) is 16.0 Å². The molecule has 4 heteroatoms. The molecule has 0 unspecified atom stereocenters. The highest BCUT2D eigenvalue weighted by Gasteiger charge is 2.22. The van der Waals surface area contributed by atoms with Crippen LogP contribution in [0.2, 0.25) is 0 Å². The van der Waals surface area contributed by atoms with Crippen molar-refractivity contribution in [2.45, 2.75) is 13.5 Å². The van der Waals surface area contributed by atoms with Gasteiger partial charge in [-0.25, -0.2) is 9.97 Å². The van der Waals surface area contributed by atoms with Gasteiger partial charge in [-0.15, -0.1) is 0 Å². The van der Waals surface area contributed by atoms with Crippen molar-refractivity contribution in [3.05, 3.63) is 58.0 Å². The lowest BCUT2D eigenvalue weighted by Crippen LogP contribution is -2.19. The minimum Gasteiger partial charge on any atom is -0.287 e. The fraction of sp³-hybridized carbons (Fsp3) is 0.133. The fourth-order valence-electron chi connectivity index (χ4n) is 2.60. The lowest BCUT2D eigenvalue weighted by Gasteiger charge is -2.02. The van der Waals surface area contributed by atoms with Crippen molar-refractivity contribution in [2.75, 3.05) is 0 Å². The van der Waals surface area contributed by atoms with Crippen molar-refractivity contribution in [3.8, 4) is 11.5 Å². The van der Waals surface area contributed by atoms with Crippen LogP contribution in [0, 0.1) is 6.92 Å². The number of nitrogens with zero attached hydrogens (tertiary/aromatic N) is 3. The Balaban J connectivity index is 2.09. The van der Waals surface area contributed by atoms with Crippen molar-refractivity contribution in [2.24, 2.45) is 0 Å². The number of fused-ring (bicyclic) bond motifs is 4. The molecule has 3 aromatic rings. The zero-order valence-corrected chi connectivity index (χ0v) is 10.4. The summed E-state index contributed by atoms with van der Waals surface area (Å²) in [5.74, 6) is 0.686. The molecule has 1 aliphatic rings. The summed E-state index contributed by atoms with van der Waals surface area (Å²) in [6.07, 6.45) is 0. The van der Waals surface area contributed by atoms with E-state index in [1.807, 2.05) is 31.2 Å². The van der Waals surface area contributed by atoms with Crippen LogP contribution in [-0.2, 0) is 6.54 Å². The molecule has 0 saturated heterocycles. The van der Waals surface area contributed by atoms with Crippen LogP contribution in [0.4, 0.5) is 0 Å². The summed E-state index contributed by atoms with van der Waals surface area (Å²) < 4.78 is 1.68. The summed E-state index contributed by atoms with van der Waals surface area (Å²) in [5.41, 5.74) is 3.56. The average molecular weight is 249 g/mol. The van der Waals surface area contributed by atoms with E-state index in [1.54, 1.807) is 10.6 Å². The van der Waals surface area contributed by atoms with Crippen LogP contribution >= 0.6 is 0 Å². The number of aryl methyl sites for hydroxylation is 1. The molecule has 19 heavy (non-hydrogen) atoms. The van der Waals surface area contributed by atoms with E-state index in [1.165, 1.54) is 0 Å². The average Bonchev–Trinajstić information content (AvgIpc) is 2.74. The van der Waals surface area contributed by atoms with Crippen LogP contribution in [0.1, 0.15) is 11.3 Å². The number of pyridine rings is 1. The molecule has 2 aromatic heterocycles. The highest BCUT2D eigenvalue weighted by molar-refractivity contribution is 5.83. The number of para-hydroxylation sites is 1. The highest BCUT2D eigenvalue weighted by atomic mass is 16.1. The Morgan fingerprint density at radius 1 is 1.16 bits per heavy atom. The van der Waals surface area contributed by atoms with Crippen LogP contribution in [0.25, 0.3) is 22.4 Å². The van der Waals surface area contributed by atoms with E-state index in [4.69, 9.17) is 0 Å². The molecule has 4 nitrogen and oxygen atoms in total. The second-order valence-corrected chi connectivity index (χ2v) is 4.83. The van der Waals surface area contributed by atoms with Crippen LogP contribution in [0.15, 0.2) is 41.2 Å². The maximum Gasteiger partial charge on any atom is 0.254 e. The van der Waals surface area contributed by atoms with E-state index in [0.29, 0.717) is 12.4 Å². The Hall–Kier alpha value is -2.49. The summed E-state index contributed by atoms with van der Waals surface area (Å²) in [6.45, 7) is 2.40. The first-order valence-corrected chi connectivity index (χ1v) is 6.20. The molecule has 0 spiro atoms. The molecular formula is C15H11N3O.